The van der Waals surface area contributed by atoms with E-state index in [0.29, 0.717) is 16.9 Å². The highest BCUT2D eigenvalue weighted by Gasteiger charge is 2.11. The summed E-state index contributed by atoms with van der Waals surface area (Å²) >= 11 is 0. The van der Waals surface area contributed by atoms with Crippen molar-refractivity contribution >= 4 is 30.3 Å². The summed E-state index contributed by atoms with van der Waals surface area (Å²) in [5.41, 5.74) is 2.58. The maximum absolute atomic E-state index is 12.2. The Balaban J connectivity index is 1.42. The molecule has 164 valence electrons. The lowest BCUT2D eigenvalue weighted by Gasteiger charge is -2.10. The first-order chi connectivity index (χ1) is 15.5. The Bertz CT molecular complexity index is 1030. The van der Waals surface area contributed by atoms with Crippen LogP contribution in [0.4, 0.5) is 10.5 Å². The molecular weight excluding hydrogens is 411 g/mol. The van der Waals surface area contributed by atoms with Crippen LogP contribution in [0.15, 0.2) is 78.9 Å². The monoisotopic (exact) mass is 434 g/mol. The normalized spacial score (nSPS) is 10.2. The van der Waals surface area contributed by atoms with Gasteiger partial charge in [0.25, 0.3) is 5.91 Å². The van der Waals surface area contributed by atoms with E-state index < -0.39 is 13.2 Å². The molecule has 0 unspecified atom stereocenters. The highest BCUT2D eigenvalue weighted by Crippen LogP contribution is 2.12. The first-order valence-electron chi connectivity index (χ1n) is 9.92. The molecule has 0 aliphatic rings. The molecule has 0 saturated carbocycles. The Morgan fingerprint density at radius 1 is 0.875 bits per heavy atom. The van der Waals surface area contributed by atoms with Crippen molar-refractivity contribution in [1.82, 2.24) is 5.32 Å². The van der Waals surface area contributed by atoms with Gasteiger partial charge in [-0.15, -0.1) is 0 Å². The number of carbonyl (C=O) groups excluding carboxylic acids is 2. The Kier molecular flexibility index (Phi) is 8.25. The second-order valence-corrected chi connectivity index (χ2v) is 6.90. The van der Waals surface area contributed by atoms with Gasteiger partial charge in [0.15, 0.2) is 6.61 Å². The summed E-state index contributed by atoms with van der Waals surface area (Å²) in [5, 5.41) is 23.6. The molecule has 0 atom stereocenters. The Morgan fingerprint density at radius 3 is 2.31 bits per heavy atom. The Labute approximate surface area is 186 Å². The van der Waals surface area contributed by atoms with Gasteiger partial charge in [-0.3, -0.25) is 4.79 Å². The molecule has 0 fully saturated rings. The van der Waals surface area contributed by atoms with E-state index >= 15 is 0 Å². The molecule has 0 bridgehead atoms. The van der Waals surface area contributed by atoms with Gasteiger partial charge in [0.1, 0.15) is 12.4 Å². The highest BCUT2D eigenvalue weighted by atomic mass is 16.5. The van der Waals surface area contributed by atoms with Gasteiger partial charge in [-0.25, -0.2) is 4.79 Å². The predicted octanol–water partition coefficient (Wildman–Crippen LogP) is 1.81. The van der Waals surface area contributed by atoms with Crippen LogP contribution in [-0.2, 0) is 22.7 Å². The van der Waals surface area contributed by atoms with Crippen LogP contribution in [0.2, 0.25) is 0 Å². The molecule has 0 saturated heterocycles. The number of anilines is 1. The fourth-order valence-corrected chi connectivity index (χ4v) is 2.79. The average molecular weight is 434 g/mol. The van der Waals surface area contributed by atoms with Crippen LogP contribution in [0.1, 0.15) is 11.1 Å². The lowest BCUT2D eigenvalue weighted by atomic mass is 9.80. The van der Waals surface area contributed by atoms with E-state index in [1.54, 1.807) is 30.3 Å². The minimum Gasteiger partial charge on any atom is -0.484 e. The van der Waals surface area contributed by atoms with Crippen LogP contribution < -0.4 is 20.8 Å². The van der Waals surface area contributed by atoms with Gasteiger partial charge in [-0.05, 0) is 40.9 Å². The minimum atomic E-state index is -1.56. The van der Waals surface area contributed by atoms with E-state index in [4.69, 9.17) is 19.5 Å². The highest BCUT2D eigenvalue weighted by molar-refractivity contribution is 6.58. The SMILES string of the molecule is O=C(COc1ccc(B(O)O)cc1)Nc1cccc(CNC(=O)OCc2ccccc2)c1. The zero-order valence-electron chi connectivity index (χ0n) is 17.2. The molecule has 0 aliphatic carbocycles. The zero-order chi connectivity index (χ0) is 22.8. The van der Waals surface area contributed by atoms with Crippen LogP contribution in [0.25, 0.3) is 0 Å². The molecule has 0 spiro atoms. The molecule has 0 aromatic heterocycles. The molecule has 3 rings (SSSR count). The maximum Gasteiger partial charge on any atom is 0.488 e. The molecule has 9 heteroatoms. The quantitative estimate of drug-likeness (QED) is 0.382. The van der Waals surface area contributed by atoms with E-state index in [1.165, 1.54) is 12.1 Å². The molecule has 0 radical (unpaired) electrons. The van der Waals surface area contributed by atoms with Crippen molar-refractivity contribution < 1.29 is 29.1 Å². The summed E-state index contributed by atoms with van der Waals surface area (Å²) in [6.07, 6.45) is -0.531. The van der Waals surface area contributed by atoms with Crippen LogP contribution in [-0.4, -0.2) is 35.8 Å². The number of rotatable bonds is 9. The number of hydrogen-bond acceptors (Lipinski definition) is 6. The van der Waals surface area contributed by atoms with Crippen molar-refractivity contribution in [3.8, 4) is 5.75 Å². The first-order valence-corrected chi connectivity index (χ1v) is 9.92. The number of carbonyl (C=O) groups is 2. The van der Waals surface area contributed by atoms with Gasteiger partial charge in [-0.2, -0.15) is 0 Å². The van der Waals surface area contributed by atoms with E-state index in [0.717, 1.165) is 11.1 Å². The van der Waals surface area contributed by atoms with Crippen molar-refractivity contribution in [3.63, 3.8) is 0 Å². The summed E-state index contributed by atoms with van der Waals surface area (Å²) in [4.78, 5) is 24.0. The number of alkyl carbamates (subject to hydrolysis) is 1. The van der Waals surface area contributed by atoms with Crippen LogP contribution in [0.5, 0.6) is 5.75 Å². The number of nitrogens with one attached hydrogen (secondary N) is 2. The number of ether oxygens (including phenoxy) is 2. The molecule has 3 aromatic carbocycles. The number of benzene rings is 3. The van der Waals surface area contributed by atoms with Gasteiger partial charge in [0.05, 0.1) is 0 Å². The summed E-state index contributed by atoms with van der Waals surface area (Å²) < 4.78 is 10.6. The van der Waals surface area contributed by atoms with Crippen molar-refractivity contribution in [1.29, 1.82) is 0 Å². The number of amides is 2. The standard InChI is InChI=1S/C23H23BN2O6/c27-22(16-31-21-11-9-19(10-12-21)24(29)30)26-20-8-4-7-18(13-20)14-25-23(28)32-15-17-5-2-1-3-6-17/h1-13,29-30H,14-16H2,(H,25,28)(H,26,27). The van der Waals surface area contributed by atoms with E-state index in [1.807, 2.05) is 36.4 Å². The minimum absolute atomic E-state index is 0.187. The summed E-state index contributed by atoms with van der Waals surface area (Å²) in [5.74, 6) is 0.0696. The number of hydrogen-bond donors (Lipinski definition) is 4. The first kappa shape index (κ1) is 22.9. The maximum atomic E-state index is 12.2. The lowest BCUT2D eigenvalue weighted by Crippen LogP contribution is -2.29. The van der Waals surface area contributed by atoms with Crippen molar-refractivity contribution in [2.45, 2.75) is 13.2 Å². The molecule has 32 heavy (non-hydrogen) atoms. The summed E-state index contributed by atoms with van der Waals surface area (Å²) in [6.45, 7) is 0.221. The molecule has 0 heterocycles. The topological polar surface area (TPSA) is 117 Å². The average Bonchev–Trinajstić information content (AvgIpc) is 2.81. The third kappa shape index (κ3) is 7.46. The van der Waals surface area contributed by atoms with Gasteiger partial charge in [0.2, 0.25) is 0 Å². The van der Waals surface area contributed by atoms with Gasteiger partial charge in [0, 0.05) is 12.2 Å². The van der Waals surface area contributed by atoms with Crippen molar-refractivity contribution in [2.75, 3.05) is 11.9 Å². The molecule has 2 amide bonds. The largest absolute Gasteiger partial charge is 0.488 e. The summed E-state index contributed by atoms with van der Waals surface area (Å²) in [6, 6.07) is 22.5. The van der Waals surface area contributed by atoms with E-state index in [2.05, 4.69) is 10.6 Å². The predicted molar refractivity (Wildman–Crippen MR) is 120 cm³/mol. The Morgan fingerprint density at radius 2 is 1.59 bits per heavy atom. The van der Waals surface area contributed by atoms with Crippen LogP contribution >= 0.6 is 0 Å². The lowest BCUT2D eigenvalue weighted by molar-refractivity contribution is -0.118. The molecule has 3 aromatic rings. The van der Waals surface area contributed by atoms with Crippen LogP contribution in [0, 0.1) is 0 Å². The second kappa shape index (κ2) is 11.5. The van der Waals surface area contributed by atoms with Gasteiger partial charge < -0.3 is 30.2 Å². The second-order valence-electron chi connectivity index (χ2n) is 6.90. The molecule has 0 aliphatic heterocycles. The van der Waals surface area contributed by atoms with Crippen molar-refractivity contribution in [3.05, 3.63) is 90.0 Å². The van der Waals surface area contributed by atoms with E-state index in [-0.39, 0.29) is 25.7 Å². The van der Waals surface area contributed by atoms with Gasteiger partial charge in [-0.1, -0.05) is 54.6 Å². The van der Waals surface area contributed by atoms with Gasteiger partial charge >= 0.3 is 13.2 Å². The third-order valence-corrected chi connectivity index (χ3v) is 4.41. The third-order valence-electron chi connectivity index (χ3n) is 4.41. The van der Waals surface area contributed by atoms with E-state index in [9.17, 15) is 9.59 Å². The Hall–Kier alpha value is -3.82. The zero-order valence-corrected chi connectivity index (χ0v) is 17.2. The molecule has 4 N–H and O–H groups in total. The van der Waals surface area contributed by atoms with Crippen molar-refractivity contribution in [2.24, 2.45) is 0 Å². The molecule has 8 nitrogen and oxygen atoms in total. The fraction of sp³-hybridized carbons (Fsp3) is 0.130. The smallest absolute Gasteiger partial charge is 0.484 e. The fourth-order valence-electron chi connectivity index (χ4n) is 2.79. The molecular formula is C23H23BN2O6. The van der Waals surface area contributed by atoms with Crippen LogP contribution in [0.3, 0.4) is 0 Å². The summed E-state index contributed by atoms with van der Waals surface area (Å²) in [7, 11) is -1.56.